The fourth-order valence-corrected chi connectivity index (χ4v) is 3.73. The highest BCUT2D eigenvalue weighted by Gasteiger charge is 2.19. The third-order valence-corrected chi connectivity index (χ3v) is 4.98. The van der Waals surface area contributed by atoms with E-state index in [4.69, 9.17) is 4.98 Å². The van der Waals surface area contributed by atoms with Crippen molar-refractivity contribution in [2.24, 2.45) is 5.92 Å². The Morgan fingerprint density at radius 3 is 2.95 bits per heavy atom. The van der Waals surface area contributed by atoms with Crippen LogP contribution in [-0.4, -0.2) is 30.1 Å². The topological polar surface area (TPSA) is 41.1 Å². The van der Waals surface area contributed by atoms with E-state index in [1.165, 1.54) is 29.5 Å². The van der Waals surface area contributed by atoms with Crippen molar-refractivity contribution in [2.75, 3.05) is 30.4 Å². The van der Waals surface area contributed by atoms with Gasteiger partial charge in [0.15, 0.2) is 0 Å². The van der Waals surface area contributed by atoms with Gasteiger partial charge in [0.2, 0.25) is 5.95 Å². The zero-order valence-electron chi connectivity index (χ0n) is 12.4. The maximum atomic E-state index is 4.73. The molecule has 4 nitrogen and oxygen atoms in total. The summed E-state index contributed by atoms with van der Waals surface area (Å²) in [6, 6.07) is 2.23. The highest BCUT2D eigenvalue weighted by Crippen LogP contribution is 2.33. The minimum Gasteiger partial charge on any atom is -0.357 e. The smallest absolute Gasteiger partial charge is 0.225 e. The lowest BCUT2D eigenvalue weighted by molar-refractivity contribution is 0.521. The Morgan fingerprint density at radius 2 is 2.15 bits per heavy atom. The van der Waals surface area contributed by atoms with E-state index in [9.17, 15) is 0 Å². The molecule has 0 bridgehead atoms. The molecular formula is C15H22N4S. The van der Waals surface area contributed by atoms with Crippen molar-refractivity contribution in [3.63, 3.8) is 0 Å². The molecule has 1 fully saturated rings. The highest BCUT2D eigenvalue weighted by atomic mass is 32.1. The van der Waals surface area contributed by atoms with E-state index in [1.807, 2.05) is 7.05 Å². The van der Waals surface area contributed by atoms with Crippen LogP contribution in [0.5, 0.6) is 0 Å². The average molecular weight is 290 g/mol. The molecule has 0 saturated carbocycles. The van der Waals surface area contributed by atoms with Crippen molar-refractivity contribution in [2.45, 2.75) is 33.1 Å². The molecule has 20 heavy (non-hydrogen) atoms. The van der Waals surface area contributed by atoms with Crippen molar-refractivity contribution in [3.05, 3.63) is 10.9 Å². The second-order valence-corrected chi connectivity index (χ2v) is 6.95. The summed E-state index contributed by atoms with van der Waals surface area (Å²) in [5.41, 5.74) is 0. The van der Waals surface area contributed by atoms with Crippen LogP contribution < -0.4 is 10.2 Å². The molecule has 1 aliphatic heterocycles. The van der Waals surface area contributed by atoms with Crippen LogP contribution in [0.25, 0.3) is 10.2 Å². The van der Waals surface area contributed by atoms with Crippen LogP contribution in [0.4, 0.5) is 11.8 Å². The van der Waals surface area contributed by atoms with Gasteiger partial charge in [-0.3, -0.25) is 0 Å². The molecule has 0 amide bonds. The Hall–Kier alpha value is -1.36. The zero-order valence-corrected chi connectivity index (χ0v) is 13.3. The summed E-state index contributed by atoms with van der Waals surface area (Å²) in [6.45, 7) is 6.70. The molecule has 1 aliphatic rings. The van der Waals surface area contributed by atoms with Crippen molar-refractivity contribution in [3.8, 4) is 0 Å². The molecule has 2 aromatic heterocycles. The first-order valence-electron chi connectivity index (χ1n) is 7.38. The molecule has 0 radical (unpaired) electrons. The van der Waals surface area contributed by atoms with Gasteiger partial charge < -0.3 is 10.2 Å². The van der Waals surface area contributed by atoms with Gasteiger partial charge in [-0.25, -0.2) is 4.98 Å². The normalized spacial score (nSPS) is 20.1. The van der Waals surface area contributed by atoms with Crippen LogP contribution in [0.2, 0.25) is 0 Å². The van der Waals surface area contributed by atoms with Crippen molar-refractivity contribution < 1.29 is 0 Å². The molecule has 5 heteroatoms. The predicted octanol–water partition coefficient (Wildman–Crippen LogP) is 3.67. The Labute approximate surface area is 124 Å². The number of nitrogens with zero attached hydrogens (tertiary/aromatic N) is 3. The molecule has 1 unspecified atom stereocenters. The van der Waals surface area contributed by atoms with Crippen LogP contribution in [0.15, 0.2) is 6.07 Å². The first-order chi connectivity index (χ1) is 9.67. The van der Waals surface area contributed by atoms with E-state index in [0.29, 0.717) is 0 Å². The maximum absolute atomic E-state index is 4.73. The number of thiophene rings is 1. The number of hydrogen-bond donors (Lipinski definition) is 1. The van der Waals surface area contributed by atoms with Gasteiger partial charge in [-0.1, -0.05) is 6.92 Å². The number of anilines is 2. The summed E-state index contributed by atoms with van der Waals surface area (Å²) in [5.74, 6) is 2.66. The second kappa shape index (κ2) is 5.56. The predicted molar refractivity (Wildman–Crippen MR) is 86.9 cm³/mol. The van der Waals surface area contributed by atoms with E-state index in [1.54, 1.807) is 11.3 Å². The summed E-state index contributed by atoms with van der Waals surface area (Å²) >= 11 is 1.75. The lowest BCUT2D eigenvalue weighted by Crippen LogP contribution is -2.25. The molecule has 0 aliphatic carbocycles. The van der Waals surface area contributed by atoms with Crippen molar-refractivity contribution >= 4 is 33.3 Å². The number of rotatable bonds is 2. The summed E-state index contributed by atoms with van der Waals surface area (Å²) in [5, 5.41) is 4.30. The molecule has 108 valence electrons. The van der Waals surface area contributed by atoms with Gasteiger partial charge in [-0.05, 0) is 38.2 Å². The summed E-state index contributed by atoms with van der Waals surface area (Å²) in [6.07, 6.45) is 3.83. The molecule has 1 saturated heterocycles. The Morgan fingerprint density at radius 1 is 1.30 bits per heavy atom. The summed E-state index contributed by atoms with van der Waals surface area (Å²) in [7, 11) is 1.88. The largest absolute Gasteiger partial charge is 0.357 e. The maximum Gasteiger partial charge on any atom is 0.225 e. The van der Waals surface area contributed by atoms with Crippen LogP contribution in [-0.2, 0) is 0 Å². The summed E-state index contributed by atoms with van der Waals surface area (Å²) < 4.78 is 0. The molecule has 1 N–H and O–H groups in total. The second-order valence-electron chi connectivity index (χ2n) is 5.72. The van der Waals surface area contributed by atoms with E-state index in [2.05, 4.69) is 35.1 Å². The zero-order chi connectivity index (χ0) is 14.1. The third kappa shape index (κ3) is 2.59. The molecule has 1 atom stereocenters. The number of nitrogens with one attached hydrogen (secondary N) is 1. The van der Waals surface area contributed by atoms with Crippen LogP contribution in [0.1, 0.15) is 31.1 Å². The van der Waals surface area contributed by atoms with Gasteiger partial charge in [0, 0.05) is 25.0 Å². The minimum atomic E-state index is 0.728. The third-order valence-electron chi connectivity index (χ3n) is 4.04. The number of hydrogen-bond acceptors (Lipinski definition) is 5. The average Bonchev–Trinajstić information content (AvgIpc) is 2.67. The standard InChI is InChI=1S/C15H22N4S/c1-10-5-4-7-19(8-6-10)13-12-9-11(2)20-14(12)18-15(16-3)17-13/h9-10H,4-8H2,1-3H3,(H,16,17,18). The fraction of sp³-hybridized carbons (Fsp3) is 0.600. The van der Waals surface area contributed by atoms with E-state index >= 15 is 0 Å². The minimum absolute atomic E-state index is 0.728. The molecule has 3 rings (SSSR count). The Kier molecular flexibility index (Phi) is 3.78. The van der Waals surface area contributed by atoms with Gasteiger partial charge >= 0.3 is 0 Å². The lowest BCUT2D eigenvalue weighted by Gasteiger charge is -2.22. The monoisotopic (exact) mass is 290 g/mol. The molecule has 0 aromatic carbocycles. The summed E-state index contributed by atoms with van der Waals surface area (Å²) in [4.78, 5) is 14.1. The first-order valence-corrected chi connectivity index (χ1v) is 8.20. The number of fused-ring (bicyclic) bond motifs is 1. The number of aryl methyl sites for hydroxylation is 1. The lowest BCUT2D eigenvalue weighted by atomic mass is 10.0. The van der Waals surface area contributed by atoms with E-state index in [0.717, 1.165) is 35.6 Å². The van der Waals surface area contributed by atoms with Crippen molar-refractivity contribution in [1.29, 1.82) is 0 Å². The molecule has 3 heterocycles. The highest BCUT2D eigenvalue weighted by molar-refractivity contribution is 7.18. The van der Waals surface area contributed by atoms with Crippen LogP contribution >= 0.6 is 11.3 Å². The fourth-order valence-electron chi connectivity index (χ4n) is 2.85. The Bertz CT molecular complexity index is 607. The number of aromatic nitrogens is 2. The van der Waals surface area contributed by atoms with Crippen LogP contribution in [0.3, 0.4) is 0 Å². The SMILES string of the molecule is CNc1nc(N2CCCC(C)CC2)c2cc(C)sc2n1. The van der Waals surface area contributed by atoms with Gasteiger partial charge in [0.1, 0.15) is 10.6 Å². The van der Waals surface area contributed by atoms with Gasteiger partial charge in [-0.2, -0.15) is 4.98 Å². The van der Waals surface area contributed by atoms with Crippen LogP contribution in [0, 0.1) is 12.8 Å². The van der Waals surface area contributed by atoms with Gasteiger partial charge in [0.05, 0.1) is 5.39 Å². The molecule has 2 aromatic rings. The van der Waals surface area contributed by atoms with E-state index in [-0.39, 0.29) is 0 Å². The van der Waals surface area contributed by atoms with Crippen molar-refractivity contribution in [1.82, 2.24) is 9.97 Å². The van der Waals surface area contributed by atoms with Gasteiger partial charge in [-0.15, -0.1) is 11.3 Å². The van der Waals surface area contributed by atoms with E-state index < -0.39 is 0 Å². The van der Waals surface area contributed by atoms with Gasteiger partial charge in [0.25, 0.3) is 0 Å². The molecule has 0 spiro atoms. The molecular weight excluding hydrogens is 268 g/mol. The first kappa shape index (κ1) is 13.6. The quantitative estimate of drug-likeness (QED) is 0.916. The Balaban J connectivity index is 2.04.